The summed E-state index contributed by atoms with van der Waals surface area (Å²) in [5.74, 6) is 6.60. The molecule has 0 aromatic carbocycles. The van der Waals surface area contributed by atoms with E-state index in [1.165, 1.54) is 0 Å². The summed E-state index contributed by atoms with van der Waals surface area (Å²) in [5.41, 5.74) is 2.45. The molecule has 2 aromatic rings. The van der Waals surface area contributed by atoms with Crippen molar-refractivity contribution in [2.45, 2.75) is 25.3 Å². The summed E-state index contributed by atoms with van der Waals surface area (Å²) in [6, 6.07) is 1.81. The normalized spacial score (nSPS) is 18.8. The van der Waals surface area contributed by atoms with E-state index in [-0.39, 0.29) is 18.6 Å². The smallest absolute Gasteiger partial charge is 0.257 e. The van der Waals surface area contributed by atoms with Crippen LogP contribution in [0.25, 0.3) is 5.95 Å². The molecule has 9 nitrogen and oxygen atoms in total. The topological polar surface area (TPSA) is 118 Å². The molecule has 0 radical (unpaired) electrons. The number of aliphatic hydroxyl groups excluding tert-OH is 1. The van der Waals surface area contributed by atoms with Gasteiger partial charge in [0.1, 0.15) is 0 Å². The first kappa shape index (κ1) is 13.7. The molecular formula is C12H18N8O. The van der Waals surface area contributed by atoms with E-state index in [9.17, 15) is 5.11 Å². The van der Waals surface area contributed by atoms with Crippen LogP contribution in [0, 0.1) is 0 Å². The highest BCUT2D eigenvalue weighted by molar-refractivity contribution is 5.40. The van der Waals surface area contributed by atoms with Gasteiger partial charge in [0.15, 0.2) is 0 Å². The van der Waals surface area contributed by atoms with Crippen LogP contribution in [0.1, 0.15) is 19.3 Å². The molecule has 1 atom stereocenters. The first-order valence-corrected chi connectivity index (χ1v) is 6.92. The summed E-state index contributed by atoms with van der Waals surface area (Å²) in [7, 11) is 0. The second kappa shape index (κ2) is 6.02. The lowest BCUT2D eigenvalue weighted by molar-refractivity contribution is 0.238. The Hall–Kier alpha value is -2.26. The predicted molar refractivity (Wildman–Crippen MR) is 76.8 cm³/mol. The van der Waals surface area contributed by atoms with E-state index in [0.717, 1.165) is 25.8 Å². The van der Waals surface area contributed by atoms with Gasteiger partial charge in [-0.3, -0.25) is 5.43 Å². The molecule has 1 aliphatic rings. The summed E-state index contributed by atoms with van der Waals surface area (Å²) in [6.07, 6.45) is 6.46. The molecule has 112 valence electrons. The molecule has 1 aliphatic heterocycles. The molecular weight excluding hydrogens is 272 g/mol. The van der Waals surface area contributed by atoms with Gasteiger partial charge < -0.3 is 10.0 Å². The highest BCUT2D eigenvalue weighted by Gasteiger charge is 2.25. The maximum absolute atomic E-state index is 9.53. The van der Waals surface area contributed by atoms with Gasteiger partial charge in [-0.2, -0.15) is 20.1 Å². The number of aliphatic hydroxyl groups is 1. The number of hydrazine groups is 1. The Balaban J connectivity index is 1.99. The van der Waals surface area contributed by atoms with Crippen molar-refractivity contribution in [2.75, 3.05) is 23.5 Å². The maximum atomic E-state index is 9.53. The Bertz CT molecular complexity index is 587. The second-order valence-electron chi connectivity index (χ2n) is 4.88. The van der Waals surface area contributed by atoms with E-state index in [4.69, 9.17) is 5.84 Å². The van der Waals surface area contributed by atoms with Crippen LogP contribution >= 0.6 is 0 Å². The van der Waals surface area contributed by atoms with Crippen molar-refractivity contribution >= 4 is 11.9 Å². The first-order chi connectivity index (χ1) is 10.3. The fourth-order valence-corrected chi connectivity index (χ4v) is 2.49. The van der Waals surface area contributed by atoms with Gasteiger partial charge >= 0.3 is 0 Å². The Labute approximate surface area is 121 Å². The number of nitrogens with one attached hydrogen (secondary N) is 1. The van der Waals surface area contributed by atoms with Gasteiger partial charge in [-0.05, 0) is 25.3 Å². The van der Waals surface area contributed by atoms with Crippen molar-refractivity contribution in [2.24, 2.45) is 5.84 Å². The second-order valence-corrected chi connectivity index (χ2v) is 4.88. The van der Waals surface area contributed by atoms with E-state index >= 15 is 0 Å². The van der Waals surface area contributed by atoms with Crippen LogP contribution in [-0.2, 0) is 0 Å². The van der Waals surface area contributed by atoms with Crippen LogP contribution in [-0.4, -0.2) is 49.0 Å². The van der Waals surface area contributed by atoms with Crippen molar-refractivity contribution in [1.29, 1.82) is 0 Å². The fraction of sp³-hybridized carbons (Fsp3) is 0.500. The summed E-state index contributed by atoms with van der Waals surface area (Å²) < 4.78 is 1.55. The molecule has 1 unspecified atom stereocenters. The quantitative estimate of drug-likeness (QED) is 0.518. The minimum absolute atomic E-state index is 0.0252. The van der Waals surface area contributed by atoms with Crippen LogP contribution in [0.3, 0.4) is 0 Å². The monoisotopic (exact) mass is 290 g/mol. The molecule has 2 aromatic heterocycles. The van der Waals surface area contributed by atoms with Crippen LogP contribution in [0.15, 0.2) is 18.5 Å². The molecule has 4 N–H and O–H groups in total. The summed E-state index contributed by atoms with van der Waals surface area (Å²) in [5, 5.41) is 13.6. The number of aromatic nitrogens is 5. The summed E-state index contributed by atoms with van der Waals surface area (Å²) in [6.45, 7) is 0.881. The molecule has 9 heteroatoms. The van der Waals surface area contributed by atoms with E-state index in [1.54, 1.807) is 23.1 Å². The SMILES string of the molecule is NNc1nc(N2CCCCC2CO)nc(-n2cccn2)n1. The minimum atomic E-state index is 0.0252. The van der Waals surface area contributed by atoms with E-state index in [2.05, 4.69) is 25.5 Å². The number of nitrogens with two attached hydrogens (primary N) is 1. The van der Waals surface area contributed by atoms with Gasteiger partial charge in [0.25, 0.3) is 5.95 Å². The van der Waals surface area contributed by atoms with E-state index in [1.807, 2.05) is 4.90 Å². The molecule has 1 saturated heterocycles. The molecule has 0 bridgehead atoms. The number of hydrogen-bond acceptors (Lipinski definition) is 8. The van der Waals surface area contributed by atoms with Crippen LogP contribution in [0.5, 0.6) is 0 Å². The van der Waals surface area contributed by atoms with Gasteiger partial charge in [-0.15, -0.1) is 0 Å². The summed E-state index contributed by atoms with van der Waals surface area (Å²) in [4.78, 5) is 14.9. The third kappa shape index (κ3) is 2.78. The average molecular weight is 290 g/mol. The number of nitrogens with zero attached hydrogens (tertiary/aromatic N) is 6. The average Bonchev–Trinajstić information content (AvgIpc) is 3.09. The molecule has 0 aliphatic carbocycles. The van der Waals surface area contributed by atoms with Crippen LogP contribution in [0.2, 0.25) is 0 Å². The lowest BCUT2D eigenvalue weighted by Gasteiger charge is -2.34. The zero-order valence-electron chi connectivity index (χ0n) is 11.6. The number of anilines is 2. The molecule has 0 spiro atoms. The van der Waals surface area contributed by atoms with Gasteiger partial charge in [0.05, 0.1) is 12.6 Å². The zero-order valence-corrected chi connectivity index (χ0v) is 11.6. The lowest BCUT2D eigenvalue weighted by atomic mass is 10.0. The molecule has 3 heterocycles. The van der Waals surface area contributed by atoms with Gasteiger partial charge in [-0.25, -0.2) is 10.5 Å². The molecule has 1 fully saturated rings. The standard InChI is InChI=1S/C12H18N8O/c13-18-10-15-11(19-6-2-1-4-9(19)8-21)17-12(16-10)20-7-3-5-14-20/h3,5,7,9,21H,1-2,4,6,8,13H2,(H,15,16,17,18). The van der Waals surface area contributed by atoms with Gasteiger partial charge in [0, 0.05) is 18.9 Å². The minimum Gasteiger partial charge on any atom is -0.394 e. The number of piperidine rings is 1. The maximum Gasteiger partial charge on any atom is 0.257 e. The Kier molecular flexibility index (Phi) is 3.93. The van der Waals surface area contributed by atoms with Crippen molar-refractivity contribution in [3.05, 3.63) is 18.5 Å². The third-order valence-corrected chi connectivity index (χ3v) is 3.54. The Morgan fingerprint density at radius 3 is 2.86 bits per heavy atom. The van der Waals surface area contributed by atoms with E-state index < -0.39 is 0 Å². The van der Waals surface area contributed by atoms with E-state index in [0.29, 0.717) is 11.9 Å². The molecule has 3 rings (SSSR count). The number of hydrogen-bond donors (Lipinski definition) is 3. The number of rotatable bonds is 4. The third-order valence-electron chi connectivity index (χ3n) is 3.54. The molecule has 0 saturated carbocycles. The number of nitrogen functional groups attached to an aromatic ring is 1. The van der Waals surface area contributed by atoms with Crippen molar-refractivity contribution in [1.82, 2.24) is 24.7 Å². The molecule has 0 amide bonds. The first-order valence-electron chi connectivity index (χ1n) is 6.92. The zero-order chi connectivity index (χ0) is 14.7. The Morgan fingerprint density at radius 2 is 2.14 bits per heavy atom. The lowest BCUT2D eigenvalue weighted by Crippen LogP contribution is -2.43. The largest absolute Gasteiger partial charge is 0.394 e. The summed E-state index contributed by atoms with van der Waals surface area (Å²) >= 11 is 0. The van der Waals surface area contributed by atoms with Gasteiger partial charge in [-0.1, -0.05) is 0 Å². The Morgan fingerprint density at radius 1 is 1.29 bits per heavy atom. The van der Waals surface area contributed by atoms with Crippen molar-refractivity contribution in [3.63, 3.8) is 0 Å². The highest BCUT2D eigenvalue weighted by atomic mass is 16.3. The van der Waals surface area contributed by atoms with Crippen molar-refractivity contribution in [3.8, 4) is 5.95 Å². The predicted octanol–water partition coefficient (Wildman–Crippen LogP) is -0.306. The van der Waals surface area contributed by atoms with Crippen LogP contribution < -0.4 is 16.2 Å². The molecule has 21 heavy (non-hydrogen) atoms. The van der Waals surface area contributed by atoms with Crippen molar-refractivity contribution < 1.29 is 5.11 Å². The fourth-order valence-electron chi connectivity index (χ4n) is 2.49. The van der Waals surface area contributed by atoms with Gasteiger partial charge in [0.2, 0.25) is 11.9 Å². The van der Waals surface area contributed by atoms with Crippen LogP contribution in [0.4, 0.5) is 11.9 Å². The highest BCUT2D eigenvalue weighted by Crippen LogP contribution is 2.22.